The molecule has 0 saturated carbocycles. The van der Waals surface area contributed by atoms with Crippen molar-refractivity contribution in [3.8, 4) is 0 Å². The highest BCUT2D eigenvalue weighted by molar-refractivity contribution is 7.91. The lowest BCUT2D eigenvalue weighted by molar-refractivity contribution is -0.126. The minimum atomic E-state index is -2.78. The zero-order valence-corrected chi connectivity index (χ0v) is 14.2. The second-order valence-corrected chi connectivity index (χ2v) is 9.88. The second-order valence-electron chi connectivity index (χ2n) is 7.58. The molecule has 6 heteroatoms. The average Bonchev–Trinajstić information content (AvgIpc) is 2.78. The lowest BCUT2D eigenvalue weighted by atomic mass is 10.0. The maximum absolute atomic E-state index is 12.2. The van der Waals surface area contributed by atoms with Crippen molar-refractivity contribution in [2.45, 2.75) is 45.6 Å². The van der Waals surface area contributed by atoms with Gasteiger partial charge in [-0.25, -0.2) is 8.42 Å². The van der Waals surface area contributed by atoms with Gasteiger partial charge in [-0.1, -0.05) is 0 Å². The van der Waals surface area contributed by atoms with Gasteiger partial charge in [-0.05, 0) is 52.5 Å². The highest BCUT2D eigenvalue weighted by Crippen LogP contribution is 2.24. The number of hydrogen-bond donors (Lipinski definition) is 1. The minimum Gasteiger partial charge on any atom is -0.351 e. The summed E-state index contributed by atoms with van der Waals surface area (Å²) in [7, 11) is -2.78. The smallest absolute Gasteiger partial charge is 0.224 e. The third-order valence-electron chi connectivity index (χ3n) is 4.33. The summed E-state index contributed by atoms with van der Waals surface area (Å²) < 4.78 is 22.9. The first-order valence-corrected chi connectivity index (χ1v) is 9.71. The summed E-state index contributed by atoms with van der Waals surface area (Å²) in [6.45, 7) is 8.70. The van der Waals surface area contributed by atoms with E-state index in [1.807, 2.05) is 20.8 Å². The molecule has 0 aromatic carbocycles. The predicted octanol–water partition coefficient (Wildman–Crippen LogP) is 1.05. The number of amides is 1. The summed E-state index contributed by atoms with van der Waals surface area (Å²) in [5, 5.41) is 3.05. The van der Waals surface area contributed by atoms with Crippen molar-refractivity contribution in [2.24, 2.45) is 11.8 Å². The van der Waals surface area contributed by atoms with E-state index in [9.17, 15) is 13.2 Å². The molecule has 0 bridgehead atoms. The third-order valence-corrected chi connectivity index (χ3v) is 6.05. The molecule has 1 unspecified atom stereocenters. The van der Waals surface area contributed by atoms with E-state index in [2.05, 4.69) is 10.2 Å². The molecule has 1 amide bonds. The molecule has 5 nitrogen and oxygen atoms in total. The molecule has 0 aliphatic carbocycles. The average molecular weight is 316 g/mol. The normalized spacial score (nSPS) is 27.7. The summed E-state index contributed by atoms with van der Waals surface area (Å²) in [6.07, 6.45) is 2.46. The SMILES string of the molecule is CC(C)(C)NC(=O)C1CCN(CC2CCS(=O)(=O)CC2)C1. The fourth-order valence-electron chi connectivity index (χ4n) is 3.17. The van der Waals surface area contributed by atoms with Crippen LogP contribution in [0.1, 0.15) is 40.0 Å². The zero-order valence-electron chi connectivity index (χ0n) is 13.4. The van der Waals surface area contributed by atoms with Gasteiger partial charge in [-0.2, -0.15) is 0 Å². The second kappa shape index (κ2) is 6.24. The van der Waals surface area contributed by atoms with Crippen LogP contribution in [-0.2, 0) is 14.6 Å². The Bertz CT molecular complexity index is 468. The van der Waals surface area contributed by atoms with Crippen LogP contribution >= 0.6 is 0 Å². The third kappa shape index (κ3) is 5.25. The van der Waals surface area contributed by atoms with Crippen LogP contribution in [0.5, 0.6) is 0 Å². The number of sulfone groups is 1. The van der Waals surface area contributed by atoms with Crippen LogP contribution in [-0.4, -0.2) is 55.9 Å². The molecule has 2 saturated heterocycles. The largest absolute Gasteiger partial charge is 0.351 e. The van der Waals surface area contributed by atoms with Crippen LogP contribution in [0.4, 0.5) is 0 Å². The van der Waals surface area contributed by atoms with E-state index in [0.29, 0.717) is 17.4 Å². The van der Waals surface area contributed by atoms with Crippen LogP contribution in [0.15, 0.2) is 0 Å². The standard InChI is InChI=1S/C15H28N2O3S/c1-15(2,3)16-14(18)13-4-7-17(11-13)10-12-5-8-21(19,20)9-6-12/h12-13H,4-11H2,1-3H3,(H,16,18). The van der Waals surface area contributed by atoms with Crippen LogP contribution in [0.3, 0.4) is 0 Å². The Kier molecular flexibility index (Phi) is 4.98. The maximum atomic E-state index is 12.2. The number of hydrogen-bond acceptors (Lipinski definition) is 4. The van der Waals surface area contributed by atoms with E-state index in [4.69, 9.17) is 0 Å². The van der Waals surface area contributed by atoms with Gasteiger partial charge in [0.15, 0.2) is 0 Å². The van der Waals surface area contributed by atoms with Gasteiger partial charge >= 0.3 is 0 Å². The van der Waals surface area contributed by atoms with E-state index >= 15 is 0 Å². The van der Waals surface area contributed by atoms with Gasteiger partial charge in [-0.3, -0.25) is 4.79 Å². The Morgan fingerprint density at radius 3 is 2.38 bits per heavy atom. The molecule has 0 aromatic heterocycles. The summed E-state index contributed by atoms with van der Waals surface area (Å²) in [6, 6.07) is 0. The molecule has 2 aliphatic rings. The van der Waals surface area contributed by atoms with Crippen molar-refractivity contribution in [1.82, 2.24) is 10.2 Å². The fraction of sp³-hybridized carbons (Fsp3) is 0.933. The van der Waals surface area contributed by atoms with Crippen molar-refractivity contribution >= 4 is 15.7 Å². The van der Waals surface area contributed by atoms with Gasteiger partial charge in [0.25, 0.3) is 0 Å². The number of likely N-dealkylation sites (tertiary alicyclic amines) is 1. The van der Waals surface area contributed by atoms with Gasteiger partial charge in [0, 0.05) is 18.6 Å². The summed E-state index contributed by atoms with van der Waals surface area (Å²) in [5.41, 5.74) is -0.178. The highest BCUT2D eigenvalue weighted by Gasteiger charge is 2.32. The van der Waals surface area contributed by atoms with Crippen LogP contribution < -0.4 is 5.32 Å². The molecule has 2 fully saturated rings. The first-order chi connectivity index (χ1) is 9.65. The summed E-state index contributed by atoms with van der Waals surface area (Å²) in [5.74, 6) is 1.37. The van der Waals surface area contributed by atoms with Crippen LogP contribution in [0.25, 0.3) is 0 Å². The number of nitrogens with zero attached hydrogens (tertiary/aromatic N) is 1. The molecule has 0 radical (unpaired) electrons. The lowest BCUT2D eigenvalue weighted by Gasteiger charge is -2.27. The monoisotopic (exact) mass is 316 g/mol. The van der Waals surface area contributed by atoms with Crippen molar-refractivity contribution in [3.05, 3.63) is 0 Å². The highest BCUT2D eigenvalue weighted by atomic mass is 32.2. The zero-order chi connectivity index (χ0) is 15.7. The van der Waals surface area contributed by atoms with Gasteiger partial charge in [0.2, 0.25) is 5.91 Å². The molecule has 0 aromatic rings. The van der Waals surface area contributed by atoms with Gasteiger partial charge in [0.1, 0.15) is 9.84 Å². The molecule has 2 heterocycles. The van der Waals surface area contributed by atoms with E-state index in [-0.39, 0.29) is 17.4 Å². The van der Waals surface area contributed by atoms with Gasteiger partial charge in [-0.15, -0.1) is 0 Å². The first kappa shape index (κ1) is 16.7. The molecule has 1 N–H and O–H groups in total. The molecule has 2 rings (SSSR count). The maximum Gasteiger partial charge on any atom is 0.224 e. The minimum absolute atomic E-state index is 0.0801. The van der Waals surface area contributed by atoms with Gasteiger partial charge < -0.3 is 10.2 Å². The van der Waals surface area contributed by atoms with Crippen molar-refractivity contribution in [1.29, 1.82) is 0 Å². The Morgan fingerprint density at radius 2 is 1.81 bits per heavy atom. The molecule has 21 heavy (non-hydrogen) atoms. The molecule has 2 aliphatic heterocycles. The number of carbonyl (C=O) groups is 1. The van der Waals surface area contributed by atoms with Gasteiger partial charge in [0.05, 0.1) is 17.4 Å². The number of carbonyl (C=O) groups excluding carboxylic acids is 1. The van der Waals surface area contributed by atoms with Crippen molar-refractivity contribution < 1.29 is 13.2 Å². The molecule has 1 atom stereocenters. The molecule has 122 valence electrons. The summed E-state index contributed by atoms with van der Waals surface area (Å²) in [4.78, 5) is 14.5. The van der Waals surface area contributed by atoms with E-state index in [1.54, 1.807) is 0 Å². The Balaban J connectivity index is 1.77. The van der Waals surface area contributed by atoms with Crippen molar-refractivity contribution in [3.63, 3.8) is 0 Å². The predicted molar refractivity (Wildman–Crippen MR) is 83.8 cm³/mol. The number of nitrogens with one attached hydrogen (secondary N) is 1. The number of rotatable bonds is 3. The molecule has 0 spiro atoms. The van der Waals surface area contributed by atoms with E-state index in [1.165, 1.54) is 0 Å². The summed E-state index contributed by atoms with van der Waals surface area (Å²) >= 11 is 0. The Morgan fingerprint density at radius 1 is 1.19 bits per heavy atom. The lowest BCUT2D eigenvalue weighted by Crippen LogP contribution is -2.44. The quantitative estimate of drug-likeness (QED) is 0.845. The fourth-order valence-corrected chi connectivity index (χ4v) is 4.76. The topological polar surface area (TPSA) is 66.5 Å². The molecular weight excluding hydrogens is 288 g/mol. The van der Waals surface area contributed by atoms with Crippen LogP contribution in [0, 0.1) is 11.8 Å². The first-order valence-electron chi connectivity index (χ1n) is 7.89. The van der Waals surface area contributed by atoms with E-state index in [0.717, 1.165) is 38.9 Å². The van der Waals surface area contributed by atoms with Crippen LogP contribution in [0.2, 0.25) is 0 Å². The molecular formula is C15H28N2O3S. The Hall–Kier alpha value is -0.620. The van der Waals surface area contributed by atoms with E-state index < -0.39 is 9.84 Å². The Labute approximate surface area is 128 Å². The van der Waals surface area contributed by atoms with Crippen molar-refractivity contribution in [2.75, 3.05) is 31.1 Å².